The van der Waals surface area contributed by atoms with E-state index in [1.165, 1.54) is 18.2 Å². The summed E-state index contributed by atoms with van der Waals surface area (Å²) in [4.78, 5) is 1.61. The van der Waals surface area contributed by atoms with Gasteiger partial charge in [0.1, 0.15) is 5.82 Å². The molecule has 0 N–H and O–H groups in total. The fraction of sp³-hybridized carbons (Fsp3) is 0.200. The van der Waals surface area contributed by atoms with Crippen LogP contribution in [0.4, 0.5) is 23.2 Å². The maximum Gasteiger partial charge on any atom is 0.416 e. The molecule has 0 radical (unpaired) electrons. The Morgan fingerprint density at radius 3 is 1.90 bits per heavy atom. The Morgan fingerprint density at radius 1 is 0.850 bits per heavy atom. The lowest BCUT2D eigenvalue weighted by Crippen LogP contribution is -2.10. The van der Waals surface area contributed by atoms with Crippen LogP contribution in [0.15, 0.2) is 42.5 Å². The van der Waals surface area contributed by atoms with E-state index in [0.717, 1.165) is 12.1 Å². The topological polar surface area (TPSA) is 3.24 Å². The summed E-state index contributed by atoms with van der Waals surface area (Å²) in [5, 5.41) is 0. The monoisotopic (exact) mass is 283 g/mol. The fourth-order valence-corrected chi connectivity index (χ4v) is 1.89. The predicted octanol–water partition coefficient (Wildman–Crippen LogP) is 4.58. The van der Waals surface area contributed by atoms with E-state index >= 15 is 0 Å². The quantitative estimate of drug-likeness (QED) is 0.729. The minimum absolute atomic E-state index is 0.370. The maximum atomic E-state index is 13.6. The fourth-order valence-electron chi connectivity index (χ4n) is 1.89. The first-order chi connectivity index (χ1) is 9.29. The molecule has 0 aromatic heterocycles. The molecule has 20 heavy (non-hydrogen) atoms. The van der Waals surface area contributed by atoms with Crippen molar-refractivity contribution in [3.8, 4) is 11.1 Å². The van der Waals surface area contributed by atoms with Crippen molar-refractivity contribution >= 4 is 5.69 Å². The molecule has 2 aromatic rings. The SMILES string of the molecule is CN(C)c1cc(-c2ccc(C(F)(F)F)cc2)ccc1F. The zero-order valence-electron chi connectivity index (χ0n) is 11.0. The second-order valence-corrected chi connectivity index (χ2v) is 4.64. The molecule has 0 fully saturated rings. The van der Waals surface area contributed by atoms with E-state index < -0.39 is 11.7 Å². The van der Waals surface area contributed by atoms with Crippen molar-refractivity contribution in [2.75, 3.05) is 19.0 Å². The molecule has 0 bridgehead atoms. The Morgan fingerprint density at radius 2 is 1.40 bits per heavy atom. The lowest BCUT2D eigenvalue weighted by molar-refractivity contribution is -0.137. The number of nitrogens with zero attached hydrogens (tertiary/aromatic N) is 1. The first-order valence-electron chi connectivity index (χ1n) is 5.93. The Labute approximate surface area is 114 Å². The van der Waals surface area contributed by atoms with Gasteiger partial charge in [-0.1, -0.05) is 18.2 Å². The van der Waals surface area contributed by atoms with Gasteiger partial charge in [0.15, 0.2) is 0 Å². The van der Waals surface area contributed by atoms with E-state index in [2.05, 4.69) is 0 Å². The molecular weight excluding hydrogens is 270 g/mol. The van der Waals surface area contributed by atoms with Crippen LogP contribution in [0.5, 0.6) is 0 Å². The van der Waals surface area contributed by atoms with Gasteiger partial charge in [-0.2, -0.15) is 13.2 Å². The molecule has 0 unspecified atom stereocenters. The van der Waals surface area contributed by atoms with E-state index in [4.69, 9.17) is 0 Å². The van der Waals surface area contributed by atoms with Crippen molar-refractivity contribution in [3.05, 3.63) is 53.8 Å². The van der Waals surface area contributed by atoms with Gasteiger partial charge in [-0.3, -0.25) is 0 Å². The molecule has 0 amide bonds. The standard InChI is InChI=1S/C15H13F4N/c1-20(2)14-9-11(5-8-13(14)16)10-3-6-12(7-4-10)15(17,18)19/h3-9H,1-2H3. The van der Waals surface area contributed by atoms with E-state index in [0.29, 0.717) is 16.8 Å². The van der Waals surface area contributed by atoms with Crippen LogP contribution in [0.1, 0.15) is 5.56 Å². The molecule has 0 spiro atoms. The van der Waals surface area contributed by atoms with E-state index in [9.17, 15) is 17.6 Å². The summed E-state index contributed by atoms with van der Waals surface area (Å²) in [7, 11) is 3.41. The maximum absolute atomic E-state index is 13.6. The zero-order valence-corrected chi connectivity index (χ0v) is 11.0. The molecule has 0 aliphatic heterocycles. The number of halogens is 4. The van der Waals surface area contributed by atoms with Crippen LogP contribution in [-0.4, -0.2) is 14.1 Å². The first kappa shape index (κ1) is 14.4. The molecule has 0 saturated carbocycles. The largest absolute Gasteiger partial charge is 0.416 e. The molecule has 0 aliphatic carbocycles. The number of alkyl halides is 3. The van der Waals surface area contributed by atoms with Gasteiger partial charge in [-0.05, 0) is 35.4 Å². The molecule has 106 valence electrons. The summed E-state index contributed by atoms with van der Waals surface area (Å²) in [5.41, 5.74) is 0.975. The zero-order chi connectivity index (χ0) is 14.9. The van der Waals surface area contributed by atoms with Crippen molar-refractivity contribution in [1.82, 2.24) is 0 Å². The third-order valence-corrected chi connectivity index (χ3v) is 2.97. The van der Waals surface area contributed by atoms with Crippen LogP contribution in [0, 0.1) is 5.82 Å². The molecule has 2 rings (SSSR count). The van der Waals surface area contributed by atoms with E-state index in [-0.39, 0.29) is 5.82 Å². The molecule has 0 atom stereocenters. The summed E-state index contributed by atoms with van der Waals surface area (Å²) >= 11 is 0. The van der Waals surface area contributed by atoms with Gasteiger partial charge in [0.2, 0.25) is 0 Å². The average molecular weight is 283 g/mol. The summed E-state index contributed by atoms with van der Waals surface area (Å²) in [6.07, 6.45) is -4.35. The lowest BCUT2D eigenvalue weighted by atomic mass is 10.0. The number of hydrogen-bond acceptors (Lipinski definition) is 1. The predicted molar refractivity (Wildman–Crippen MR) is 71.2 cm³/mol. The summed E-state index contributed by atoms with van der Waals surface area (Å²) in [6, 6.07) is 9.28. The van der Waals surface area contributed by atoms with Gasteiger partial charge in [0, 0.05) is 14.1 Å². The number of hydrogen-bond donors (Lipinski definition) is 0. The molecular formula is C15H13F4N. The number of anilines is 1. The highest BCUT2D eigenvalue weighted by atomic mass is 19.4. The molecule has 1 nitrogen and oxygen atoms in total. The summed E-state index contributed by atoms with van der Waals surface area (Å²) in [6.45, 7) is 0. The van der Waals surface area contributed by atoms with Gasteiger partial charge in [0.05, 0.1) is 11.3 Å². The molecule has 0 saturated heterocycles. The smallest absolute Gasteiger partial charge is 0.375 e. The van der Waals surface area contributed by atoms with Crippen LogP contribution >= 0.6 is 0 Å². The molecule has 2 aromatic carbocycles. The van der Waals surface area contributed by atoms with Crippen LogP contribution < -0.4 is 4.90 Å². The normalized spacial score (nSPS) is 11.5. The van der Waals surface area contributed by atoms with Gasteiger partial charge in [0.25, 0.3) is 0 Å². The average Bonchev–Trinajstić information content (AvgIpc) is 2.38. The van der Waals surface area contributed by atoms with E-state index in [1.807, 2.05) is 0 Å². The van der Waals surface area contributed by atoms with Gasteiger partial charge in [-0.25, -0.2) is 4.39 Å². The lowest BCUT2D eigenvalue weighted by Gasteiger charge is -2.15. The highest BCUT2D eigenvalue weighted by molar-refractivity contribution is 5.69. The van der Waals surface area contributed by atoms with Crippen molar-refractivity contribution in [2.45, 2.75) is 6.18 Å². The highest BCUT2D eigenvalue weighted by Crippen LogP contribution is 2.32. The van der Waals surface area contributed by atoms with Crippen molar-refractivity contribution < 1.29 is 17.6 Å². The van der Waals surface area contributed by atoms with Crippen LogP contribution in [0.25, 0.3) is 11.1 Å². The van der Waals surface area contributed by atoms with Crippen LogP contribution in [0.3, 0.4) is 0 Å². The second-order valence-electron chi connectivity index (χ2n) is 4.64. The van der Waals surface area contributed by atoms with Gasteiger partial charge >= 0.3 is 6.18 Å². The third-order valence-electron chi connectivity index (χ3n) is 2.97. The van der Waals surface area contributed by atoms with Crippen molar-refractivity contribution in [1.29, 1.82) is 0 Å². The first-order valence-corrected chi connectivity index (χ1v) is 5.93. The Hall–Kier alpha value is -2.04. The van der Waals surface area contributed by atoms with E-state index in [1.54, 1.807) is 31.1 Å². The van der Waals surface area contributed by atoms with Crippen molar-refractivity contribution in [2.24, 2.45) is 0 Å². The number of benzene rings is 2. The molecule has 5 heteroatoms. The molecule has 0 heterocycles. The van der Waals surface area contributed by atoms with Crippen molar-refractivity contribution in [3.63, 3.8) is 0 Å². The summed E-state index contributed by atoms with van der Waals surface area (Å²) in [5.74, 6) is -0.370. The summed E-state index contributed by atoms with van der Waals surface area (Å²) < 4.78 is 51.0. The molecule has 0 aliphatic rings. The minimum Gasteiger partial charge on any atom is -0.375 e. The Kier molecular flexibility index (Phi) is 3.70. The third kappa shape index (κ3) is 2.92. The highest BCUT2D eigenvalue weighted by Gasteiger charge is 2.29. The van der Waals surface area contributed by atoms with Gasteiger partial charge < -0.3 is 4.90 Å². The number of rotatable bonds is 2. The van der Waals surface area contributed by atoms with Crippen LogP contribution in [-0.2, 0) is 6.18 Å². The Bertz CT molecular complexity index is 600. The second kappa shape index (κ2) is 5.15. The van der Waals surface area contributed by atoms with Crippen LogP contribution in [0.2, 0.25) is 0 Å². The minimum atomic E-state index is -4.35. The van der Waals surface area contributed by atoms with Gasteiger partial charge in [-0.15, -0.1) is 0 Å². The Balaban J connectivity index is 2.40.